The Morgan fingerprint density at radius 1 is 1.56 bits per heavy atom. The predicted molar refractivity (Wildman–Crippen MR) is 68.9 cm³/mol. The van der Waals surface area contributed by atoms with Gasteiger partial charge >= 0.3 is 5.97 Å². The van der Waals surface area contributed by atoms with Gasteiger partial charge in [0.25, 0.3) is 0 Å². The van der Waals surface area contributed by atoms with E-state index in [1.54, 1.807) is 12.1 Å². The van der Waals surface area contributed by atoms with Crippen molar-refractivity contribution in [2.24, 2.45) is 5.92 Å². The SMILES string of the molecule is CCc1nc2ccc(C(=O)O)cc2n1C1CC1C. The largest absolute Gasteiger partial charge is 0.478 e. The van der Waals surface area contributed by atoms with Gasteiger partial charge in [0.05, 0.1) is 16.6 Å². The zero-order chi connectivity index (χ0) is 12.9. The third kappa shape index (κ3) is 1.60. The van der Waals surface area contributed by atoms with Gasteiger partial charge in [-0.05, 0) is 30.5 Å². The van der Waals surface area contributed by atoms with Crippen molar-refractivity contribution in [1.82, 2.24) is 9.55 Å². The number of imidazole rings is 1. The molecule has 1 fully saturated rings. The molecule has 0 spiro atoms. The van der Waals surface area contributed by atoms with Crippen LogP contribution in [0.3, 0.4) is 0 Å². The minimum Gasteiger partial charge on any atom is -0.478 e. The molecule has 1 aliphatic rings. The first kappa shape index (κ1) is 11.3. The maximum atomic E-state index is 11.1. The fraction of sp³-hybridized carbons (Fsp3) is 0.429. The second-order valence-corrected chi connectivity index (χ2v) is 5.04. The summed E-state index contributed by atoms with van der Waals surface area (Å²) in [5.41, 5.74) is 2.19. The van der Waals surface area contributed by atoms with E-state index >= 15 is 0 Å². The molecule has 4 heteroatoms. The van der Waals surface area contributed by atoms with Crippen LogP contribution >= 0.6 is 0 Å². The van der Waals surface area contributed by atoms with Gasteiger partial charge in [-0.2, -0.15) is 0 Å². The first-order valence-electron chi connectivity index (χ1n) is 6.36. The first-order chi connectivity index (χ1) is 8.61. The molecule has 2 unspecified atom stereocenters. The standard InChI is InChI=1S/C14H16N2O2/c1-3-13-15-10-5-4-9(14(17)18)7-12(10)16(13)11-6-8(11)2/h4-5,7-8,11H,3,6H2,1-2H3,(H,17,18). The van der Waals surface area contributed by atoms with Crippen LogP contribution in [0, 0.1) is 5.92 Å². The highest BCUT2D eigenvalue weighted by Crippen LogP contribution is 2.45. The molecule has 0 aliphatic heterocycles. The summed E-state index contributed by atoms with van der Waals surface area (Å²) < 4.78 is 2.23. The Bertz CT molecular complexity index is 630. The van der Waals surface area contributed by atoms with Crippen molar-refractivity contribution in [3.05, 3.63) is 29.6 Å². The summed E-state index contributed by atoms with van der Waals surface area (Å²) in [6, 6.07) is 5.67. The quantitative estimate of drug-likeness (QED) is 0.903. The lowest BCUT2D eigenvalue weighted by molar-refractivity contribution is 0.0697. The molecular weight excluding hydrogens is 228 g/mol. The van der Waals surface area contributed by atoms with Gasteiger partial charge < -0.3 is 9.67 Å². The average molecular weight is 244 g/mol. The van der Waals surface area contributed by atoms with Crippen LogP contribution in [0.15, 0.2) is 18.2 Å². The maximum absolute atomic E-state index is 11.1. The maximum Gasteiger partial charge on any atom is 0.335 e. The van der Waals surface area contributed by atoms with Gasteiger partial charge in [-0.1, -0.05) is 13.8 Å². The summed E-state index contributed by atoms with van der Waals surface area (Å²) >= 11 is 0. The summed E-state index contributed by atoms with van der Waals surface area (Å²) in [6.45, 7) is 4.31. The molecule has 1 N–H and O–H groups in total. The Hall–Kier alpha value is -1.84. The second kappa shape index (κ2) is 3.83. The molecule has 1 aromatic carbocycles. The average Bonchev–Trinajstić information content (AvgIpc) is 2.94. The lowest BCUT2D eigenvalue weighted by Gasteiger charge is -2.06. The molecule has 1 aliphatic carbocycles. The van der Waals surface area contributed by atoms with Crippen LogP contribution in [0.2, 0.25) is 0 Å². The lowest BCUT2D eigenvalue weighted by atomic mass is 10.2. The van der Waals surface area contributed by atoms with E-state index in [1.165, 1.54) is 0 Å². The molecule has 2 atom stereocenters. The minimum atomic E-state index is -0.883. The van der Waals surface area contributed by atoms with Gasteiger partial charge in [0.15, 0.2) is 0 Å². The Labute approximate surface area is 105 Å². The van der Waals surface area contributed by atoms with Crippen molar-refractivity contribution in [3.8, 4) is 0 Å². The molecule has 1 heterocycles. The number of aromatic nitrogens is 2. The van der Waals surface area contributed by atoms with Crippen molar-refractivity contribution in [2.75, 3.05) is 0 Å². The number of hydrogen-bond donors (Lipinski definition) is 1. The molecule has 0 bridgehead atoms. The van der Waals surface area contributed by atoms with E-state index in [4.69, 9.17) is 5.11 Å². The van der Waals surface area contributed by atoms with E-state index in [1.807, 2.05) is 6.07 Å². The van der Waals surface area contributed by atoms with Gasteiger partial charge in [0.1, 0.15) is 5.82 Å². The van der Waals surface area contributed by atoms with E-state index in [2.05, 4.69) is 23.4 Å². The van der Waals surface area contributed by atoms with Gasteiger partial charge in [0.2, 0.25) is 0 Å². The van der Waals surface area contributed by atoms with Crippen molar-refractivity contribution < 1.29 is 9.90 Å². The lowest BCUT2D eigenvalue weighted by Crippen LogP contribution is -2.02. The van der Waals surface area contributed by atoms with Crippen molar-refractivity contribution in [1.29, 1.82) is 0 Å². The minimum absolute atomic E-state index is 0.333. The van der Waals surface area contributed by atoms with Crippen molar-refractivity contribution in [2.45, 2.75) is 32.7 Å². The van der Waals surface area contributed by atoms with Crippen LogP contribution < -0.4 is 0 Å². The third-order valence-electron chi connectivity index (χ3n) is 3.72. The molecule has 94 valence electrons. The number of hydrogen-bond acceptors (Lipinski definition) is 2. The Morgan fingerprint density at radius 2 is 2.28 bits per heavy atom. The number of fused-ring (bicyclic) bond motifs is 1. The number of carboxylic acids is 1. The Kier molecular flexibility index (Phi) is 2.40. The number of aryl methyl sites for hydroxylation is 1. The number of carbonyl (C=O) groups is 1. The molecule has 3 rings (SSSR count). The van der Waals surface area contributed by atoms with Crippen LogP contribution in [-0.2, 0) is 6.42 Å². The molecule has 0 radical (unpaired) electrons. The molecule has 0 saturated heterocycles. The third-order valence-corrected chi connectivity index (χ3v) is 3.72. The van der Waals surface area contributed by atoms with Crippen molar-refractivity contribution in [3.63, 3.8) is 0 Å². The van der Waals surface area contributed by atoms with E-state index in [0.29, 0.717) is 17.5 Å². The number of rotatable bonds is 3. The van der Waals surface area contributed by atoms with Crippen LogP contribution in [0.4, 0.5) is 0 Å². The number of benzene rings is 1. The van der Waals surface area contributed by atoms with E-state index in [0.717, 1.165) is 29.7 Å². The molecule has 0 amide bonds. The van der Waals surface area contributed by atoms with E-state index in [-0.39, 0.29) is 0 Å². The molecule has 4 nitrogen and oxygen atoms in total. The Balaban J connectivity index is 2.22. The summed E-state index contributed by atoms with van der Waals surface area (Å²) in [7, 11) is 0. The van der Waals surface area contributed by atoms with Gasteiger partial charge in [-0.15, -0.1) is 0 Å². The monoisotopic (exact) mass is 244 g/mol. The fourth-order valence-electron chi connectivity index (χ4n) is 2.56. The van der Waals surface area contributed by atoms with Crippen LogP contribution in [-0.4, -0.2) is 20.6 Å². The molecule has 18 heavy (non-hydrogen) atoms. The normalized spacial score (nSPS) is 22.3. The van der Waals surface area contributed by atoms with Gasteiger partial charge in [0, 0.05) is 12.5 Å². The predicted octanol–water partition coefficient (Wildman–Crippen LogP) is 2.88. The molecule has 1 saturated carbocycles. The highest BCUT2D eigenvalue weighted by Gasteiger charge is 2.36. The number of nitrogens with zero attached hydrogens (tertiary/aromatic N) is 2. The molecule has 2 aromatic rings. The van der Waals surface area contributed by atoms with Crippen LogP contribution in [0.1, 0.15) is 42.5 Å². The topological polar surface area (TPSA) is 55.1 Å². The number of carboxylic acid groups (broad SMARTS) is 1. The summed E-state index contributed by atoms with van der Waals surface area (Å²) in [5.74, 6) is 0.842. The Morgan fingerprint density at radius 3 is 2.83 bits per heavy atom. The zero-order valence-electron chi connectivity index (χ0n) is 10.6. The fourth-order valence-corrected chi connectivity index (χ4v) is 2.56. The summed E-state index contributed by atoms with van der Waals surface area (Å²) in [6.07, 6.45) is 2.04. The van der Waals surface area contributed by atoms with Crippen LogP contribution in [0.25, 0.3) is 11.0 Å². The second-order valence-electron chi connectivity index (χ2n) is 5.04. The summed E-state index contributed by atoms with van der Waals surface area (Å²) in [5, 5.41) is 9.08. The van der Waals surface area contributed by atoms with Crippen LogP contribution in [0.5, 0.6) is 0 Å². The highest BCUT2D eigenvalue weighted by molar-refractivity contribution is 5.92. The molecule has 1 aromatic heterocycles. The van der Waals surface area contributed by atoms with Crippen molar-refractivity contribution >= 4 is 17.0 Å². The van der Waals surface area contributed by atoms with E-state index in [9.17, 15) is 4.79 Å². The van der Waals surface area contributed by atoms with Gasteiger partial charge in [-0.3, -0.25) is 0 Å². The highest BCUT2D eigenvalue weighted by atomic mass is 16.4. The number of aromatic carboxylic acids is 1. The van der Waals surface area contributed by atoms with Gasteiger partial charge in [-0.25, -0.2) is 9.78 Å². The van der Waals surface area contributed by atoms with E-state index < -0.39 is 5.97 Å². The molecular formula is C14H16N2O2. The summed E-state index contributed by atoms with van der Waals surface area (Å²) in [4.78, 5) is 15.6. The zero-order valence-corrected chi connectivity index (χ0v) is 10.6. The smallest absolute Gasteiger partial charge is 0.335 e. The first-order valence-corrected chi connectivity index (χ1v) is 6.36.